The SMILES string of the molecule is Cc1csc(C(C)n2cccc2)n1. The molecule has 0 bridgehead atoms. The van der Waals surface area contributed by atoms with Crippen molar-refractivity contribution in [2.75, 3.05) is 0 Å². The molecule has 0 aliphatic carbocycles. The number of hydrogen-bond acceptors (Lipinski definition) is 2. The van der Waals surface area contributed by atoms with Gasteiger partial charge in [0.15, 0.2) is 0 Å². The lowest BCUT2D eigenvalue weighted by molar-refractivity contribution is 0.637. The summed E-state index contributed by atoms with van der Waals surface area (Å²) in [6.45, 7) is 4.20. The van der Waals surface area contributed by atoms with Gasteiger partial charge in [-0.05, 0) is 26.0 Å². The predicted molar refractivity (Wildman–Crippen MR) is 55.1 cm³/mol. The van der Waals surface area contributed by atoms with Crippen LogP contribution in [0.1, 0.15) is 23.7 Å². The zero-order valence-corrected chi connectivity index (χ0v) is 8.58. The van der Waals surface area contributed by atoms with Gasteiger partial charge in [-0.2, -0.15) is 0 Å². The van der Waals surface area contributed by atoms with Crippen LogP contribution in [0.15, 0.2) is 29.9 Å². The van der Waals surface area contributed by atoms with Crippen LogP contribution in [0, 0.1) is 6.92 Å². The largest absolute Gasteiger partial charge is 0.345 e. The Hall–Kier alpha value is -1.09. The molecule has 2 aromatic heterocycles. The molecule has 0 radical (unpaired) electrons. The normalized spacial score (nSPS) is 13.1. The van der Waals surface area contributed by atoms with E-state index in [2.05, 4.69) is 34.2 Å². The van der Waals surface area contributed by atoms with Gasteiger partial charge in [-0.25, -0.2) is 4.98 Å². The number of nitrogens with zero attached hydrogens (tertiary/aromatic N) is 2. The number of aryl methyl sites for hydroxylation is 1. The van der Waals surface area contributed by atoms with E-state index in [1.807, 2.05) is 19.1 Å². The van der Waals surface area contributed by atoms with Gasteiger partial charge in [0.25, 0.3) is 0 Å². The first-order chi connectivity index (χ1) is 6.27. The predicted octanol–water partition coefficient (Wildman–Crippen LogP) is 2.86. The second kappa shape index (κ2) is 3.34. The van der Waals surface area contributed by atoms with Crippen LogP contribution in [-0.4, -0.2) is 9.55 Å². The average molecular weight is 192 g/mol. The highest BCUT2D eigenvalue weighted by atomic mass is 32.1. The highest BCUT2D eigenvalue weighted by Crippen LogP contribution is 2.21. The quantitative estimate of drug-likeness (QED) is 0.715. The Morgan fingerprint density at radius 3 is 2.62 bits per heavy atom. The van der Waals surface area contributed by atoms with Crippen LogP contribution >= 0.6 is 11.3 Å². The minimum absolute atomic E-state index is 0.355. The van der Waals surface area contributed by atoms with Crippen molar-refractivity contribution in [3.8, 4) is 0 Å². The van der Waals surface area contributed by atoms with Crippen LogP contribution in [0.2, 0.25) is 0 Å². The van der Waals surface area contributed by atoms with Gasteiger partial charge in [0.05, 0.1) is 6.04 Å². The lowest BCUT2D eigenvalue weighted by atomic mass is 10.3. The molecule has 0 saturated heterocycles. The monoisotopic (exact) mass is 192 g/mol. The Kier molecular flexibility index (Phi) is 2.19. The van der Waals surface area contributed by atoms with Crippen LogP contribution in [0.5, 0.6) is 0 Å². The van der Waals surface area contributed by atoms with E-state index in [0.717, 1.165) is 5.69 Å². The second-order valence-electron chi connectivity index (χ2n) is 3.13. The third-order valence-electron chi connectivity index (χ3n) is 2.07. The van der Waals surface area contributed by atoms with E-state index < -0.39 is 0 Å². The van der Waals surface area contributed by atoms with Gasteiger partial charge in [-0.1, -0.05) is 0 Å². The first-order valence-corrected chi connectivity index (χ1v) is 5.20. The van der Waals surface area contributed by atoms with Gasteiger partial charge < -0.3 is 4.57 Å². The maximum atomic E-state index is 4.46. The fourth-order valence-corrected chi connectivity index (χ4v) is 2.16. The highest BCUT2D eigenvalue weighted by Gasteiger charge is 2.09. The number of thiazole rings is 1. The summed E-state index contributed by atoms with van der Waals surface area (Å²) in [4.78, 5) is 4.46. The molecule has 0 aliphatic heterocycles. The summed E-state index contributed by atoms with van der Waals surface area (Å²) >= 11 is 1.72. The van der Waals surface area contributed by atoms with Gasteiger partial charge in [0, 0.05) is 23.5 Å². The molecule has 1 atom stereocenters. The maximum absolute atomic E-state index is 4.46. The summed E-state index contributed by atoms with van der Waals surface area (Å²) in [6, 6.07) is 4.43. The summed E-state index contributed by atoms with van der Waals surface area (Å²) in [7, 11) is 0. The third kappa shape index (κ3) is 1.65. The molecule has 2 aromatic rings. The van der Waals surface area contributed by atoms with E-state index in [1.165, 1.54) is 5.01 Å². The van der Waals surface area contributed by atoms with E-state index in [4.69, 9.17) is 0 Å². The number of hydrogen-bond donors (Lipinski definition) is 0. The van der Waals surface area contributed by atoms with Gasteiger partial charge in [-0.3, -0.25) is 0 Å². The molecule has 3 heteroatoms. The molecule has 2 nitrogen and oxygen atoms in total. The van der Waals surface area contributed by atoms with Crippen LogP contribution in [0.3, 0.4) is 0 Å². The average Bonchev–Trinajstić information content (AvgIpc) is 2.72. The van der Waals surface area contributed by atoms with Gasteiger partial charge in [0.2, 0.25) is 0 Å². The maximum Gasteiger partial charge on any atom is 0.115 e. The van der Waals surface area contributed by atoms with E-state index >= 15 is 0 Å². The lowest BCUT2D eigenvalue weighted by Gasteiger charge is -2.09. The van der Waals surface area contributed by atoms with Gasteiger partial charge >= 0.3 is 0 Å². The Balaban J connectivity index is 2.28. The Labute approximate surface area is 81.9 Å². The van der Waals surface area contributed by atoms with Crippen LogP contribution in [0.25, 0.3) is 0 Å². The minimum Gasteiger partial charge on any atom is -0.345 e. The van der Waals surface area contributed by atoms with Gasteiger partial charge in [0.1, 0.15) is 5.01 Å². The molecule has 0 aliphatic rings. The fourth-order valence-electron chi connectivity index (χ4n) is 1.30. The van der Waals surface area contributed by atoms with E-state index in [0.29, 0.717) is 6.04 Å². The molecule has 0 aromatic carbocycles. The zero-order chi connectivity index (χ0) is 9.26. The van der Waals surface area contributed by atoms with Crippen LogP contribution in [-0.2, 0) is 0 Å². The van der Waals surface area contributed by atoms with Crippen molar-refractivity contribution in [2.24, 2.45) is 0 Å². The summed E-state index contributed by atoms with van der Waals surface area (Å²) in [5.74, 6) is 0. The van der Waals surface area contributed by atoms with Crippen LogP contribution < -0.4 is 0 Å². The molecule has 0 spiro atoms. The zero-order valence-electron chi connectivity index (χ0n) is 7.77. The number of rotatable bonds is 2. The Bertz CT molecular complexity index is 375. The van der Waals surface area contributed by atoms with Crippen molar-refractivity contribution < 1.29 is 0 Å². The minimum atomic E-state index is 0.355. The van der Waals surface area contributed by atoms with Crippen LogP contribution in [0.4, 0.5) is 0 Å². The molecular weight excluding hydrogens is 180 g/mol. The van der Waals surface area contributed by atoms with E-state index in [-0.39, 0.29) is 0 Å². The summed E-state index contributed by atoms with van der Waals surface area (Å²) in [5.41, 5.74) is 1.11. The molecule has 0 saturated carbocycles. The summed E-state index contributed by atoms with van der Waals surface area (Å²) < 4.78 is 2.16. The molecule has 68 valence electrons. The molecule has 13 heavy (non-hydrogen) atoms. The topological polar surface area (TPSA) is 17.8 Å². The highest BCUT2D eigenvalue weighted by molar-refractivity contribution is 7.09. The van der Waals surface area contributed by atoms with Crippen molar-refractivity contribution in [2.45, 2.75) is 19.9 Å². The van der Waals surface area contributed by atoms with E-state index in [9.17, 15) is 0 Å². The van der Waals surface area contributed by atoms with Crippen molar-refractivity contribution in [3.05, 3.63) is 40.6 Å². The Morgan fingerprint density at radius 1 is 1.38 bits per heavy atom. The van der Waals surface area contributed by atoms with Crippen molar-refractivity contribution in [1.82, 2.24) is 9.55 Å². The van der Waals surface area contributed by atoms with Gasteiger partial charge in [-0.15, -0.1) is 11.3 Å². The molecule has 0 amide bonds. The smallest absolute Gasteiger partial charge is 0.115 e. The molecule has 0 fully saturated rings. The molecular formula is C10H12N2S. The molecule has 1 unspecified atom stereocenters. The summed E-state index contributed by atoms with van der Waals surface area (Å²) in [6.07, 6.45) is 4.14. The summed E-state index contributed by atoms with van der Waals surface area (Å²) in [5, 5.41) is 3.27. The molecule has 2 heterocycles. The van der Waals surface area contributed by atoms with Crippen molar-refractivity contribution in [1.29, 1.82) is 0 Å². The first kappa shape index (κ1) is 8.51. The second-order valence-corrected chi connectivity index (χ2v) is 4.02. The van der Waals surface area contributed by atoms with Crippen molar-refractivity contribution >= 4 is 11.3 Å². The van der Waals surface area contributed by atoms with Crippen molar-refractivity contribution in [3.63, 3.8) is 0 Å². The molecule has 0 N–H and O–H groups in total. The number of aromatic nitrogens is 2. The Morgan fingerprint density at radius 2 is 2.08 bits per heavy atom. The molecule has 2 rings (SSSR count). The first-order valence-electron chi connectivity index (χ1n) is 4.32. The third-order valence-corrected chi connectivity index (χ3v) is 3.20. The standard InChI is InChI=1S/C10H12N2S/c1-8-7-13-10(11-8)9(2)12-5-3-4-6-12/h3-7,9H,1-2H3. The van der Waals surface area contributed by atoms with E-state index in [1.54, 1.807) is 11.3 Å². The fraction of sp³-hybridized carbons (Fsp3) is 0.300. The lowest BCUT2D eigenvalue weighted by Crippen LogP contribution is -2.03.